The van der Waals surface area contributed by atoms with Gasteiger partial charge in [-0.3, -0.25) is 0 Å². The Bertz CT molecular complexity index is 444. The molecule has 0 radical (unpaired) electrons. The van der Waals surface area contributed by atoms with Crippen LogP contribution >= 0.6 is 0 Å². The summed E-state index contributed by atoms with van der Waals surface area (Å²) in [5, 5.41) is 0. The first-order valence-corrected chi connectivity index (χ1v) is 11.6. The summed E-state index contributed by atoms with van der Waals surface area (Å²) in [6.07, 6.45) is 17.0. The van der Waals surface area contributed by atoms with Crippen molar-refractivity contribution in [3.8, 4) is 0 Å². The minimum Gasteiger partial charge on any atom is -0.381 e. The molecule has 0 atom stereocenters. The molecule has 162 valence electrons. The van der Waals surface area contributed by atoms with Gasteiger partial charge in [-0.15, -0.1) is 0 Å². The first-order chi connectivity index (χ1) is 13.7. The van der Waals surface area contributed by atoms with Gasteiger partial charge in [0.1, 0.15) is 5.82 Å². The van der Waals surface area contributed by atoms with Crippen LogP contribution in [-0.2, 0) is 15.9 Å². The van der Waals surface area contributed by atoms with Gasteiger partial charge in [0.25, 0.3) is 0 Å². The smallest absolute Gasteiger partial charge is 0.123 e. The second kappa shape index (κ2) is 18.1. The van der Waals surface area contributed by atoms with Gasteiger partial charge in [0.05, 0.1) is 6.10 Å². The van der Waals surface area contributed by atoms with E-state index in [4.69, 9.17) is 9.47 Å². The maximum atomic E-state index is 12.8. The second-order valence-corrected chi connectivity index (χ2v) is 8.15. The minimum atomic E-state index is -0.139. The number of rotatable bonds is 19. The quantitative estimate of drug-likeness (QED) is 0.226. The van der Waals surface area contributed by atoms with Gasteiger partial charge in [0.2, 0.25) is 0 Å². The SMILES string of the molecule is CC(C)OCCCOCCCCCCCCCCCCCc1ccc(F)cc1. The number of aryl methyl sites for hydroxylation is 1. The summed E-state index contributed by atoms with van der Waals surface area (Å²) < 4.78 is 24.0. The van der Waals surface area contributed by atoms with Crippen molar-refractivity contribution >= 4 is 0 Å². The molecule has 0 aliphatic carbocycles. The predicted octanol–water partition coefficient (Wildman–Crippen LogP) is 7.49. The summed E-state index contributed by atoms with van der Waals surface area (Å²) in [5.41, 5.74) is 1.26. The number of unbranched alkanes of at least 4 members (excludes halogenated alkanes) is 10. The molecule has 0 spiro atoms. The van der Waals surface area contributed by atoms with Gasteiger partial charge in [-0.05, 0) is 57.2 Å². The molecule has 0 aliphatic heterocycles. The van der Waals surface area contributed by atoms with Gasteiger partial charge in [-0.1, -0.05) is 69.9 Å². The Labute approximate surface area is 173 Å². The third-order valence-corrected chi connectivity index (χ3v) is 5.05. The standard InChI is InChI=1S/C25H43FO2/c1-23(2)28-22-14-21-27-20-13-11-9-7-5-3-4-6-8-10-12-15-24-16-18-25(26)19-17-24/h16-19,23H,3-15,20-22H2,1-2H3. The molecule has 1 aromatic carbocycles. The lowest BCUT2D eigenvalue weighted by Crippen LogP contribution is -2.07. The molecule has 1 aromatic rings. The first-order valence-electron chi connectivity index (χ1n) is 11.6. The Hall–Kier alpha value is -0.930. The zero-order chi connectivity index (χ0) is 20.3. The Kier molecular flexibility index (Phi) is 16.2. The van der Waals surface area contributed by atoms with Gasteiger partial charge in [0.15, 0.2) is 0 Å². The van der Waals surface area contributed by atoms with Crippen LogP contribution in [0.25, 0.3) is 0 Å². The topological polar surface area (TPSA) is 18.5 Å². The Morgan fingerprint density at radius 1 is 0.643 bits per heavy atom. The van der Waals surface area contributed by atoms with Crippen LogP contribution in [0, 0.1) is 5.82 Å². The summed E-state index contributed by atoms with van der Waals surface area (Å²) >= 11 is 0. The largest absolute Gasteiger partial charge is 0.381 e. The van der Waals surface area contributed by atoms with Crippen molar-refractivity contribution in [3.63, 3.8) is 0 Å². The number of hydrogen-bond acceptors (Lipinski definition) is 2. The van der Waals surface area contributed by atoms with Crippen LogP contribution in [0.3, 0.4) is 0 Å². The maximum absolute atomic E-state index is 12.8. The molecule has 0 unspecified atom stereocenters. The van der Waals surface area contributed by atoms with Gasteiger partial charge in [-0.25, -0.2) is 4.39 Å². The normalized spacial score (nSPS) is 11.4. The van der Waals surface area contributed by atoms with Crippen molar-refractivity contribution in [2.75, 3.05) is 19.8 Å². The minimum absolute atomic E-state index is 0.139. The molecule has 0 aliphatic rings. The van der Waals surface area contributed by atoms with Gasteiger partial charge in [-0.2, -0.15) is 0 Å². The van der Waals surface area contributed by atoms with E-state index < -0.39 is 0 Å². The van der Waals surface area contributed by atoms with Crippen LogP contribution in [0.1, 0.15) is 96.5 Å². The third kappa shape index (κ3) is 16.1. The molecule has 1 rings (SSSR count). The Morgan fingerprint density at radius 3 is 1.71 bits per heavy atom. The molecule has 0 bridgehead atoms. The van der Waals surface area contributed by atoms with Crippen molar-refractivity contribution in [1.82, 2.24) is 0 Å². The molecule has 0 heterocycles. The fraction of sp³-hybridized carbons (Fsp3) is 0.760. The second-order valence-electron chi connectivity index (χ2n) is 8.15. The predicted molar refractivity (Wildman–Crippen MR) is 117 cm³/mol. The van der Waals surface area contributed by atoms with E-state index in [-0.39, 0.29) is 5.82 Å². The van der Waals surface area contributed by atoms with Gasteiger partial charge in [0, 0.05) is 19.8 Å². The lowest BCUT2D eigenvalue weighted by molar-refractivity contribution is 0.0507. The average Bonchev–Trinajstić information content (AvgIpc) is 2.68. The van der Waals surface area contributed by atoms with Crippen molar-refractivity contribution < 1.29 is 13.9 Å². The molecule has 0 saturated heterocycles. The number of benzene rings is 1. The Morgan fingerprint density at radius 2 is 1.14 bits per heavy atom. The van der Waals surface area contributed by atoms with Crippen molar-refractivity contribution in [3.05, 3.63) is 35.6 Å². The highest BCUT2D eigenvalue weighted by atomic mass is 19.1. The highest BCUT2D eigenvalue weighted by Gasteiger charge is 1.97. The fourth-order valence-corrected chi connectivity index (χ4v) is 3.36. The van der Waals surface area contributed by atoms with Crippen LogP contribution in [0.2, 0.25) is 0 Å². The molecule has 2 nitrogen and oxygen atoms in total. The maximum Gasteiger partial charge on any atom is 0.123 e. The van der Waals surface area contributed by atoms with Crippen LogP contribution in [-0.4, -0.2) is 25.9 Å². The van der Waals surface area contributed by atoms with E-state index in [0.717, 1.165) is 32.7 Å². The lowest BCUT2D eigenvalue weighted by atomic mass is 10.0. The molecule has 28 heavy (non-hydrogen) atoms. The van der Waals surface area contributed by atoms with Gasteiger partial charge < -0.3 is 9.47 Å². The molecule has 0 saturated carbocycles. The van der Waals surface area contributed by atoms with Crippen molar-refractivity contribution in [1.29, 1.82) is 0 Å². The van der Waals surface area contributed by atoms with E-state index in [1.165, 1.54) is 76.2 Å². The number of ether oxygens (including phenoxy) is 2. The summed E-state index contributed by atoms with van der Waals surface area (Å²) in [5.74, 6) is -0.139. The van der Waals surface area contributed by atoms with E-state index in [1.807, 2.05) is 12.1 Å². The van der Waals surface area contributed by atoms with E-state index in [1.54, 1.807) is 12.1 Å². The van der Waals surface area contributed by atoms with Crippen LogP contribution in [0.5, 0.6) is 0 Å². The average molecular weight is 395 g/mol. The summed E-state index contributed by atoms with van der Waals surface area (Å²) in [6, 6.07) is 6.94. The van der Waals surface area contributed by atoms with Gasteiger partial charge >= 0.3 is 0 Å². The summed E-state index contributed by atoms with van der Waals surface area (Å²) in [7, 11) is 0. The van der Waals surface area contributed by atoms with Crippen molar-refractivity contribution in [2.24, 2.45) is 0 Å². The summed E-state index contributed by atoms with van der Waals surface area (Å²) in [6.45, 7) is 6.68. The highest BCUT2D eigenvalue weighted by Crippen LogP contribution is 2.13. The Balaban J connectivity index is 1.71. The van der Waals surface area contributed by atoms with Crippen LogP contribution < -0.4 is 0 Å². The summed E-state index contributed by atoms with van der Waals surface area (Å²) in [4.78, 5) is 0. The zero-order valence-electron chi connectivity index (χ0n) is 18.4. The third-order valence-electron chi connectivity index (χ3n) is 5.05. The van der Waals surface area contributed by atoms with E-state index >= 15 is 0 Å². The van der Waals surface area contributed by atoms with Crippen molar-refractivity contribution in [2.45, 2.75) is 103 Å². The molecular formula is C25H43FO2. The molecular weight excluding hydrogens is 351 g/mol. The molecule has 0 amide bonds. The number of halogens is 1. The monoisotopic (exact) mass is 394 g/mol. The van der Waals surface area contributed by atoms with E-state index in [9.17, 15) is 4.39 Å². The zero-order valence-corrected chi connectivity index (χ0v) is 18.4. The highest BCUT2D eigenvalue weighted by molar-refractivity contribution is 5.15. The molecule has 0 fully saturated rings. The molecule has 0 N–H and O–H groups in total. The van der Waals surface area contributed by atoms with Crippen LogP contribution in [0.4, 0.5) is 4.39 Å². The number of hydrogen-bond donors (Lipinski definition) is 0. The van der Waals surface area contributed by atoms with Crippen LogP contribution in [0.15, 0.2) is 24.3 Å². The molecule has 3 heteroatoms. The lowest BCUT2D eigenvalue weighted by Gasteiger charge is -2.07. The fourth-order valence-electron chi connectivity index (χ4n) is 3.36. The van der Waals surface area contributed by atoms with E-state index in [2.05, 4.69) is 13.8 Å². The van der Waals surface area contributed by atoms with E-state index in [0.29, 0.717) is 6.10 Å². The molecule has 0 aromatic heterocycles. The first kappa shape index (κ1) is 25.1.